The van der Waals surface area contributed by atoms with Crippen molar-refractivity contribution in [3.8, 4) is 11.1 Å². The van der Waals surface area contributed by atoms with Crippen LogP contribution in [0, 0.1) is 13.8 Å². The number of carbonyl (C=O) groups is 1. The van der Waals surface area contributed by atoms with Gasteiger partial charge in [-0.3, -0.25) is 4.79 Å². The fourth-order valence-electron chi connectivity index (χ4n) is 3.78. The Balaban J connectivity index is 2.52. The minimum Gasteiger partial charge on any atom is -0.479 e. The predicted octanol–water partition coefficient (Wildman–Crippen LogP) is 5.25. The molecule has 1 atom stereocenters. The molecule has 5 heteroatoms. The highest BCUT2D eigenvalue weighted by Crippen LogP contribution is 2.37. The van der Waals surface area contributed by atoms with Crippen LogP contribution in [0.25, 0.3) is 21.9 Å². The Morgan fingerprint density at radius 3 is 2.23 bits per heavy atom. The van der Waals surface area contributed by atoms with Crippen LogP contribution in [-0.4, -0.2) is 21.2 Å². The molecule has 0 spiro atoms. The van der Waals surface area contributed by atoms with Gasteiger partial charge < -0.3 is 14.4 Å². The fourth-order valence-corrected chi connectivity index (χ4v) is 3.78. The number of carboxylic acid groups (broad SMARTS) is 1. The van der Waals surface area contributed by atoms with E-state index in [9.17, 15) is 14.7 Å². The van der Waals surface area contributed by atoms with Crippen LogP contribution >= 0.6 is 0 Å². The molecule has 0 amide bonds. The van der Waals surface area contributed by atoms with Crippen LogP contribution < -0.4 is 5.56 Å². The van der Waals surface area contributed by atoms with Crippen LogP contribution in [0.4, 0.5) is 0 Å². The Morgan fingerprint density at radius 2 is 1.70 bits per heavy atom. The van der Waals surface area contributed by atoms with Gasteiger partial charge in [0.05, 0.1) is 11.3 Å². The summed E-state index contributed by atoms with van der Waals surface area (Å²) in [6.07, 6.45) is -1.28. The molecule has 158 valence electrons. The number of aliphatic carboxylic acids is 1. The van der Waals surface area contributed by atoms with Crippen molar-refractivity contribution in [2.24, 2.45) is 0 Å². The molecule has 0 bridgehead atoms. The van der Waals surface area contributed by atoms with E-state index < -0.39 is 17.7 Å². The van der Waals surface area contributed by atoms with E-state index in [1.807, 2.05) is 77.9 Å². The second kappa shape index (κ2) is 8.07. The van der Waals surface area contributed by atoms with Crippen molar-refractivity contribution in [2.75, 3.05) is 0 Å². The Hall–Kier alpha value is -2.92. The fraction of sp³-hybridized carbons (Fsp3) is 0.360. The van der Waals surface area contributed by atoms with Gasteiger partial charge in [0.15, 0.2) is 6.10 Å². The summed E-state index contributed by atoms with van der Waals surface area (Å²) in [4.78, 5) is 25.6. The number of aromatic nitrogens is 1. The summed E-state index contributed by atoms with van der Waals surface area (Å²) in [7, 11) is 0. The third kappa shape index (κ3) is 4.03. The number of rotatable bonds is 5. The first-order valence-electron chi connectivity index (χ1n) is 10.2. The maximum Gasteiger partial charge on any atom is 0.339 e. The Labute approximate surface area is 176 Å². The Bertz CT molecular complexity index is 1170. The lowest BCUT2D eigenvalue weighted by Gasteiger charge is -2.29. The molecule has 1 heterocycles. The van der Waals surface area contributed by atoms with Crippen molar-refractivity contribution in [3.63, 3.8) is 0 Å². The van der Waals surface area contributed by atoms with Crippen LogP contribution in [0.15, 0.2) is 47.3 Å². The molecule has 3 aromatic rings. The zero-order valence-electron chi connectivity index (χ0n) is 18.4. The molecule has 30 heavy (non-hydrogen) atoms. The lowest BCUT2D eigenvalue weighted by molar-refractivity contribution is -0.161. The standard InChI is InChI=1S/C25H29NO4/c1-7-26-21(22(24(28)29)30-25(4,5)6)20(17-13-12-15(2)16(3)14-17)18-10-8-9-11-19(18)23(26)27/h8-14,22H,7H2,1-6H3,(H,28,29). The summed E-state index contributed by atoms with van der Waals surface area (Å²) in [5.74, 6) is -1.12. The maximum absolute atomic E-state index is 13.3. The molecule has 0 fully saturated rings. The second-order valence-corrected chi connectivity index (χ2v) is 8.60. The molecular weight excluding hydrogens is 378 g/mol. The quantitative estimate of drug-likeness (QED) is 0.627. The van der Waals surface area contributed by atoms with Crippen LogP contribution in [0.2, 0.25) is 0 Å². The summed E-state index contributed by atoms with van der Waals surface area (Å²) in [6, 6.07) is 13.4. The Kier molecular flexibility index (Phi) is 5.86. The smallest absolute Gasteiger partial charge is 0.339 e. The summed E-state index contributed by atoms with van der Waals surface area (Å²) in [5, 5.41) is 11.4. The Morgan fingerprint density at radius 1 is 1.07 bits per heavy atom. The van der Waals surface area contributed by atoms with Crippen LogP contribution in [0.1, 0.15) is 50.6 Å². The van der Waals surface area contributed by atoms with Gasteiger partial charge in [-0.25, -0.2) is 4.79 Å². The number of nitrogens with zero attached hydrogens (tertiary/aromatic N) is 1. The SMILES string of the molecule is CCn1c(C(OC(C)(C)C)C(=O)O)c(-c2ccc(C)c(C)c2)c2ccccc2c1=O. The molecule has 2 aromatic carbocycles. The first kappa shape index (κ1) is 21.8. The van der Waals surface area contributed by atoms with E-state index in [4.69, 9.17) is 4.74 Å². The number of pyridine rings is 1. The molecule has 1 N–H and O–H groups in total. The first-order chi connectivity index (χ1) is 14.0. The zero-order chi connectivity index (χ0) is 22.2. The van der Waals surface area contributed by atoms with Gasteiger partial charge in [-0.1, -0.05) is 36.4 Å². The third-order valence-corrected chi connectivity index (χ3v) is 5.27. The second-order valence-electron chi connectivity index (χ2n) is 8.60. The molecule has 3 rings (SSSR count). The molecule has 5 nitrogen and oxygen atoms in total. The first-order valence-corrected chi connectivity index (χ1v) is 10.2. The highest BCUT2D eigenvalue weighted by atomic mass is 16.5. The number of carboxylic acids is 1. The molecule has 0 aliphatic rings. The normalized spacial score (nSPS) is 12.9. The highest BCUT2D eigenvalue weighted by Gasteiger charge is 2.33. The van der Waals surface area contributed by atoms with Gasteiger partial charge in [0.25, 0.3) is 5.56 Å². The van der Waals surface area contributed by atoms with Gasteiger partial charge in [-0.05, 0) is 69.7 Å². The highest BCUT2D eigenvalue weighted by molar-refractivity contribution is 5.99. The monoisotopic (exact) mass is 407 g/mol. The van der Waals surface area contributed by atoms with Crippen molar-refractivity contribution < 1.29 is 14.6 Å². The average Bonchev–Trinajstić information content (AvgIpc) is 2.67. The van der Waals surface area contributed by atoms with Crippen molar-refractivity contribution >= 4 is 16.7 Å². The minimum absolute atomic E-state index is 0.209. The van der Waals surface area contributed by atoms with Gasteiger partial charge in [0.2, 0.25) is 0 Å². The molecule has 0 saturated heterocycles. The lowest BCUT2D eigenvalue weighted by Crippen LogP contribution is -2.33. The number of aryl methyl sites for hydroxylation is 2. The van der Waals surface area contributed by atoms with Gasteiger partial charge in [-0.2, -0.15) is 0 Å². The van der Waals surface area contributed by atoms with E-state index in [2.05, 4.69) is 0 Å². The van der Waals surface area contributed by atoms with Crippen LogP contribution in [0.3, 0.4) is 0 Å². The number of ether oxygens (including phenoxy) is 1. The number of fused-ring (bicyclic) bond motifs is 1. The average molecular weight is 408 g/mol. The summed E-state index contributed by atoms with van der Waals surface area (Å²) in [5.41, 5.74) is 3.31. The van der Waals surface area contributed by atoms with E-state index in [0.29, 0.717) is 17.6 Å². The summed E-state index contributed by atoms with van der Waals surface area (Å²) >= 11 is 0. The molecule has 1 unspecified atom stereocenters. The molecule has 0 saturated carbocycles. The van der Waals surface area contributed by atoms with Gasteiger partial charge in [-0.15, -0.1) is 0 Å². The van der Waals surface area contributed by atoms with Gasteiger partial charge >= 0.3 is 5.97 Å². The molecule has 0 radical (unpaired) electrons. The minimum atomic E-state index is -1.28. The van der Waals surface area contributed by atoms with Crippen molar-refractivity contribution in [2.45, 2.75) is 59.8 Å². The molecule has 0 aliphatic heterocycles. The molecule has 0 aliphatic carbocycles. The number of hydrogen-bond donors (Lipinski definition) is 1. The number of hydrogen-bond acceptors (Lipinski definition) is 3. The molecule has 1 aromatic heterocycles. The number of benzene rings is 2. The van der Waals surface area contributed by atoms with Crippen molar-refractivity contribution in [1.82, 2.24) is 4.57 Å². The van der Waals surface area contributed by atoms with E-state index >= 15 is 0 Å². The van der Waals surface area contributed by atoms with Gasteiger partial charge in [0.1, 0.15) is 0 Å². The zero-order valence-corrected chi connectivity index (χ0v) is 18.4. The summed E-state index contributed by atoms with van der Waals surface area (Å²) in [6.45, 7) is 11.7. The lowest BCUT2D eigenvalue weighted by atomic mass is 9.92. The van der Waals surface area contributed by atoms with E-state index in [-0.39, 0.29) is 5.56 Å². The van der Waals surface area contributed by atoms with Crippen molar-refractivity contribution in [1.29, 1.82) is 0 Å². The third-order valence-electron chi connectivity index (χ3n) is 5.27. The van der Waals surface area contributed by atoms with E-state index in [0.717, 1.165) is 27.6 Å². The largest absolute Gasteiger partial charge is 0.479 e. The predicted molar refractivity (Wildman–Crippen MR) is 120 cm³/mol. The van der Waals surface area contributed by atoms with Crippen LogP contribution in [0.5, 0.6) is 0 Å². The van der Waals surface area contributed by atoms with E-state index in [1.165, 1.54) is 4.57 Å². The summed E-state index contributed by atoms with van der Waals surface area (Å²) < 4.78 is 7.53. The van der Waals surface area contributed by atoms with Crippen molar-refractivity contribution in [3.05, 3.63) is 69.6 Å². The van der Waals surface area contributed by atoms with Gasteiger partial charge in [0, 0.05) is 17.5 Å². The van der Waals surface area contributed by atoms with E-state index in [1.54, 1.807) is 6.07 Å². The topological polar surface area (TPSA) is 68.5 Å². The maximum atomic E-state index is 13.3. The van der Waals surface area contributed by atoms with Crippen LogP contribution in [-0.2, 0) is 16.1 Å². The molecular formula is C25H29NO4.